The first-order valence-corrected chi connectivity index (χ1v) is 7.59. The van der Waals surface area contributed by atoms with Gasteiger partial charge in [0.15, 0.2) is 0 Å². The van der Waals surface area contributed by atoms with Crippen LogP contribution in [0.25, 0.3) is 0 Å². The zero-order valence-electron chi connectivity index (χ0n) is 13.2. The van der Waals surface area contributed by atoms with Gasteiger partial charge in [0, 0.05) is 0 Å². The van der Waals surface area contributed by atoms with Crippen molar-refractivity contribution in [1.29, 1.82) is 0 Å². The van der Waals surface area contributed by atoms with E-state index in [2.05, 4.69) is 10.4 Å². The lowest BCUT2D eigenvalue weighted by atomic mass is 10.0. The molecule has 2 unspecified atom stereocenters. The number of benzene rings is 1. The second-order valence-electron chi connectivity index (χ2n) is 5.50. The van der Waals surface area contributed by atoms with E-state index in [0.29, 0.717) is 22.0 Å². The summed E-state index contributed by atoms with van der Waals surface area (Å²) in [5.41, 5.74) is 1.91. The van der Waals surface area contributed by atoms with Gasteiger partial charge >= 0.3 is 0 Å². The van der Waals surface area contributed by atoms with Gasteiger partial charge < -0.3 is 10.4 Å². The SMILES string of the molecule is Cc1nn(CC(=O)NC(C)C(O)c2ccc(F)cc2)c(C)c1Cl. The van der Waals surface area contributed by atoms with Crippen molar-refractivity contribution in [3.05, 3.63) is 52.1 Å². The summed E-state index contributed by atoms with van der Waals surface area (Å²) < 4.78 is 14.4. The Bertz CT molecular complexity index is 700. The maximum Gasteiger partial charge on any atom is 0.242 e. The van der Waals surface area contributed by atoms with E-state index in [1.165, 1.54) is 28.9 Å². The summed E-state index contributed by atoms with van der Waals surface area (Å²) in [6, 6.07) is 4.99. The van der Waals surface area contributed by atoms with Gasteiger partial charge in [-0.2, -0.15) is 5.10 Å². The van der Waals surface area contributed by atoms with Gasteiger partial charge in [-0.3, -0.25) is 9.48 Å². The molecule has 5 nitrogen and oxygen atoms in total. The Morgan fingerprint density at radius 2 is 2.00 bits per heavy atom. The van der Waals surface area contributed by atoms with Crippen LogP contribution in [0.2, 0.25) is 5.02 Å². The van der Waals surface area contributed by atoms with Gasteiger partial charge in [-0.1, -0.05) is 23.7 Å². The molecule has 124 valence electrons. The zero-order chi connectivity index (χ0) is 17.1. The molecule has 0 saturated heterocycles. The molecule has 7 heteroatoms. The van der Waals surface area contributed by atoms with Gasteiger partial charge in [0.05, 0.1) is 28.6 Å². The highest BCUT2D eigenvalue weighted by molar-refractivity contribution is 6.31. The minimum atomic E-state index is -0.927. The van der Waals surface area contributed by atoms with Gasteiger partial charge in [-0.05, 0) is 38.5 Å². The van der Waals surface area contributed by atoms with Crippen LogP contribution in [0, 0.1) is 19.7 Å². The van der Waals surface area contributed by atoms with Gasteiger partial charge in [-0.15, -0.1) is 0 Å². The Balaban J connectivity index is 1.98. The molecular formula is C16H19ClFN3O2. The van der Waals surface area contributed by atoms with Crippen LogP contribution in [-0.2, 0) is 11.3 Å². The zero-order valence-corrected chi connectivity index (χ0v) is 13.9. The summed E-state index contributed by atoms with van der Waals surface area (Å²) in [5, 5.41) is 17.7. The van der Waals surface area contributed by atoms with Crippen LogP contribution in [0.1, 0.15) is 30.0 Å². The van der Waals surface area contributed by atoms with E-state index >= 15 is 0 Å². The highest BCUT2D eigenvalue weighted by Crippen LogP contribution is 2.19. The van der Waals surface area contributed by atoms with Crippen LogP contribution in [0.5, 0.6) is 0 Å². The van der Waals surface area contributed by atoms with Crippen molar-refractivity contribution in [2.45, 2.75) is 39.5 Å². The van der Waals surface area contributed by atoms with Crippen molar-refractivity contribution >= 4 is 17.5 Å². The molecular weight excluding hydrogens is 321 g/mol. The van der Waals surface area contributed by atoms with Crippen LogP contribution < -0.4 is 5.32 Å². The summed E-state index contributed by atoms with van der Waals surface area (Å²) in [6.45, 7) is 5.25. The molecule has 0 fully saturated rings. The largest absolute Gasteiger partial charge is 0.386 e. The van der Waals surface area contributed by atoms with Crippen LogP contribution in [-0.4, -0.2) is 26.8 Å². The molecule has 2 rings (SSSR count). The minimum absolute atomic E-state index is 0.0138. The Labute approximate surface area is 139 Å². The lowest BCUT2D eigenvalue weighted by Crippen LogP contribution is -2.39. The van der Waals surface area contributed by atoms with E-state index in [0.717, 1.165) is 0 Å². The van der Waals surface area contributed by atoms with Crippen molar-refractivity contribution in [1.82, 2.24) is 15.1 Å². The van der Waals surface area contributed by atoms with Crippen LogP contribution >= 0.6 is 11.6 Å². The van der Waals surface area contributed by atoms with Crippen molar-refractivity contribution < 1.29 is 14.3 Å². The molecule has 1 heterocycles. The predicted molar refractivity (Wildman–Crippen MR) is 85.7 cm³/mol. The number of amides is 1. The number of carbonyl (C=O) groups is 1. The number of aliphatic hydroxyl groups is 1. The molecule has 0 radical (unpaired) electrons. The maximum absolute atomic E-state index is 12.9. The standard InChI is InChI=1S/C16H19ClFN3O2/c1-9-15(17)11(3)21(20-9)8-14(22)19-10(2)16(23)12-4-6-13(18)7-5-12/h4-7,10,16,23H,8H2,1-3H3,(H,19,22). The molecule has 2 atom stereocenters. The summed E-state index contributed by atoms with van der Waals surface area (Å²) in [4.78, 5) is 12.1. The van der Waals surface area contributed by atoms with Gasteiger partial charge in [0.2, 0.25) is 5.91 Å². The van der Waals surface area contributed by atoms with E-state index in [-0.39, 0.29) is 18.3 Å². The molecule has 0 saturated carbocycles. The summed E-state index contributed by atoms with van der Waals surface area (Å²) in [7, 11) is 0. The molecule has 0 aliphatic carbocycles. The fourth-order valence-electron chi connectivity index (χ4n) is 2.29. The number of aryl methyl sites for hydroxylation is 1. The third kappa shape index (κ3) is 4.09. The molecule has 0 aliphatic heterocycles. The number of nitrogens with zero attached hydrogens (tertiary/aromatic N) is 2. The first kappa shape index (κ1) is 17.4. The minimum Gasteiger partial charge on any atom is -0.386 e. The van der Waals surface area contributed by atoms with Crippen molar-refractivity contribution in [3.63, 3.8) is 0 Å². The average molecular weight is 340 g/mol. The molecule has 0 aliphatic rings. The van der Waals surface area contributed by atoms with Gasteiger partial charge in [-0.25, -0.2) is 4.39 Å². The highest BCUT2D eigenvalue weighted by atomic mass is 35.5. The topological polar surface area (TPSA) is 67.2 Å². The molecule has 2 aromatic rings. The molecule has 1 amide bonds. The van der Waals surface area contributed by atoms with E-state index < -0.39 is 12.1 Å². The number of rotatable bonds is 5. The molecule has 2 N–H and O–H groups in total. The second-order valence-corrected chi connectivity index (χ2v) is 5.87. The number of hydrogen-bond donors (Lipinski definition) is 2. The monoisotopic (exact) mass is 339 g/mol. The Kier molecular flexibility index (Phi) is 5.38. The fraction of sp³-hybridized carbons (Fsp3) is 0.375. The van der Waals surface area contributed by atoms with E-state index in [1.807, 2.05) is 0 Å². The quantitative estimate of drug-likeness (QED) is 0.879. The molecule has 23 heavy (non-hydrogen) atoms. The molecule has 0 spiro atoms. The summed E-state index contributed by atoms with van der Waals surface area (Å²) in [5.74, 6) is -0.667. The number of nitrogens with one attached hydrogen (secondary N) is 1. The number of aliphatic hydroxyl groups excluding tert-OH is 1. The van der Waals surface area contributed by atoms with E-state index in [4.69, 9.17) is 11.6 Å². The maximum atomic E-state index is 12.9. The first-order valence-electron chi connectivity index (χ1n) is 7.22. The lowest BCUT2D eigenvalue weighted by Gasteiger charge is -2.20. The Morgan fingerprint density at radius 1 is 1.39 bits per heavy atom. The van der Waals surface area contributed by atoms with Crippen molar-refractivity contribution in [3.8, 4) is 0 Å². The van der Waals surface area contributed by atoms with E-state index in [9.17, 15) is 14.3 Å². The second kappa shape index (κ2) is 7.10. The Morgan fingerprint density at radius 3 is 2.52 bits per heavy atom. The van der Waals surface area contributed by atoms with Gasteiger partial charge in [0.25, 0.3) is 0 Å². The van der Waals surface area contributed by atoms with Crippen molar-refractivity contribution in [2.75, 3.05) is 0 Å². The average Bonchev–Trinajstić information content (AvgIpc) is 2.74. The third-order valence-corrected chi connectivity index (χ3v) is 4.21. The van der Waals surface area contributed by atoms with Crippen LogP contribution in [0.3, 0.4) is 0 Å². The number of carbonyl (C=O) groups excluding carboxylic acids is 1. The normalized spacial score (nSPS) is 13.7. The molecule has 1 aromatic carbocycles. The number of hydrogen-bond acceptors (Lipinski definition) is 3. The van der Waals surface area contributed by atoms with E-state index in [1.54, 1.807) is 20.8 Å². The fourth-order valence-corrected chi connectivity index (χ4v) is 2.43. The number of aromatic nitrogens is 2. The van der Waals surface area contributed by atoms with Crippen LogP contribution in [0.15, 0.2) is 24.3 Å². The van der Waals surface area contributed by atoms with Crippen LogP contribution in [0.4, 0.5) is 4.39 Å². The summed E-state index contributed by atoms with van der Waals surface area (Å²) >= 11 is 6.05. The first-order chi connectivity index (χ1) is 10.8. The predicted octanol–water partition coefficient (Wildman–Crippen LogP) is 2.53. The molecule has 1 aromatic heterocycles. The highest BCUT2D eigenvalue weighted by Gasteiger charge is 2.19. The van der Waals surface area contributed by atoms with Crippen molar-refractivity contribution in [2.24, 2.45) is 0 Å². The summed E-state index contributed by atoms with van der Waals surface area (Å²) in [6.07, 6.45) is -0.927. The Hall–Kier alpha value is -1.92. The molecule has 0 bridgehead atoms. The van der Waals surface area contributed by atoms with Gasteiger partial charge in [0.1, 0.15) is 12.4 Å². The number of halogens is 2. The lowest BCUT2D eigenvalue weighted by molar-refractivity contribution is -0.123. The third-order valence-electron chi connectivity index (χ3n) is 3.66. The smallest absolute Gasteiger partial charge is 0.242 e.